The van der Waals surface area contributed by atoms with Crippen LogP contribution >= 0.6 is 0 Å². The molecule has 0 amide bonds. The first kappa shape index (κ1) is 19.0. The van der Waals surface area contributed by atoms with Gasteiger partial charge in [-0.15, -0.1) is 0 Å². The fourth-order valence-electron chi connectivity index (χ4n) is 4.38. The first-order valence-corrected chi connectivity index (χ1v) is 10.6. The minimum atomic E-state index is 0.772. The maximum atomic E-state index is 2.38. The Bertz CT molecular complexity index is 667. The lowest BCUT2D eigenvalue weighted by atomic mass is 9.77. The minimum absolute atomic E-state index is 0.772. The summed E-state index contributed by atoms with van der Waals surface area (Å²) in [7, 11) is 0. The van der Waals surface area contributed by atoms with Crippen LogP contribution in [0.15, 0.2) is 60.7 Å². The molecule has 0 unspecified atom stereocenters. The van der Waals surface area contributed by atoms with Crippen LogP contribution < -0.4 is 0 Å². The van der Waals surface area contributed by atoms with E-state index in [1.165, 1.54) is 68.1 Å². The number of benzene rings is 2. The van der Waals surface area contributed by atoms with E-state index in [1.807, 2.05) is 0 Å². The second kappa shape index (κ2) is 9.76. The van der Waals surface area contributed by atoms with E-state index < -0.39 is 0 Å². The van der Waals surface area contributed by atoms with E-state index >= 15 is 0 Å². The smallest absolute Gasteiger partial charge is 0.0162 e. The third kappa shape index (κ3) is 5.10. The quantitative estimate of drug-likeness (QED) is 0.446. The number of allylic oxidation sites excluding steroid dienone is 2. The van der Waals surface area contributed by atoms with Crippen LogP contribution in [0.1, 0.15) is 75.8 Å². The molecule has 0 heteroatoms. The highest BCUT2D eigenvalue weighted by molar-refractivity contribution is 5.64. The molecular weight excluding hydrogens is 312 g/mol. The number of hydrogen-bond acceptors (Lipinski definition) is 0. The van der Waals surface area contributed by atoms with Gasteiger partial charge in [-0.25, -0.2) is 0 Å². The minimum Gasteiger partial charge on any atom is -0.0917 e. The molecule has 0 aliphatic heterocycles. The largest absolute Gasteiger partial charge is 0.0917 e. The van der Waals surface area contributed by atoms with Crippen molar-refractivity contribution >= 4 is 0 Å². The monoisotopic (exact) mass is 346 g/mol. The van der Waals surface area contributed by atoms with E-state index in [9.17, 15) is 0 Å². The van der Waals surface area contributed by atoms with E-state index in [0.717, 1.165) is 11.8 Å². The van der Waals surface area contributed by atoms with Crippen LogP contribution in [-0.2, 0) is 6.42 Å². The zero-order valence-corrected chi connectivity index (χ0v) is 16.6. The molecule has 0 N–H and O–H groups in total. The highest BCUT2D eigenvalue weighted by atomic mass is 14.3. The maximum absolute atomic E-state index is 2.38. The van der Waals surface area contributed by atoms with Crippen LogP contribution in [0.4, 0.5) is 0 Å². The van der Waals surface area contributed by atoms with Crippen molar-refractivity contribution in [1.82, 2.24) is 0 Å². The van der Waals surface area contributed by atoms with Crippen molar-refractivity contribution in [2.24, 2.45) is 5.92 Å². The molecule has 0 atom stereocenters. The molecule has 26 heavy (non-hydrogen) atoms. The second-order valence-electron chi connectivity index (χ2n) is 7.93. The van der Waals surface area contributed by atoms with Crippen LogP contribution in [0.25, 0.3) is 11.1 Å². The van der Waals surface area contributed by atoms with E-state index in [2.05, 4.69) is 74.5 Å². The molecule has 1 fully saturated rings. The van der Waals surface area contributed by atoms with Crippen molar-refractivity contribution in [3.05, 3.63) is 71.8 Å². The van der Waals surface area contributed by atoms with Crippen LogP contribution in [0.2, 0.25) is 0 Å². The van der Waals surface area contributed by atoms with Crippen molar-refractivity contribution in [3.63, 3.8) is 0 Å². The summed E-state index contributed by atoms with van der Waals surface area (Å²) in [5.74, 6) is 1.72. The zero-order valence-electron chi connectivity index (χ0n) is 16.6. The number of hydrogen-bond donors (Lipinski definition) is 0. The van der Waals surface area contributed by atoms with Crippen molar-refractivity contribution < 1.29 is 0 Å². The standard InChI is InChI=1S/C26H34/c1-3-5-6-8-22-11-15-24(16-12-22)26-19-17-25(18-20-26)23-13-9-21(7-4-2)10-14-23/h3,5,9-10,13-14,17-20,22,24H,4,6-8,11-12,15-16H2,1-2H3/b5-3+. The number of rotatable bonds is 7. The van der Waals surface area contributed by atoms with Gasteiger partial charge in [-0.1, -0.05) is 74.0 Å². The Hall–Kier alpha value is -1.82. The molecule has 0 heterocycles. The first-order valence-electron chi connectivity index (χ1n) is 10.6. The Morgan fingerprint density at radius 1 is 0.846 bits per heavy atom. The SMILES string of the molecule is C/C=C/CCC1CCC(c2ccc(-c3ccc(CCC)cc3)cc2)CC1. The highest BCUT2D eigenvalue weighted by Crippen LogP contribution is 2.38. The molecule has 0 saturated heterocycles. The fraction of sp³-hybridized carbons (Fsp3) is 0.462. The summed E-state index contributed by atoms with van der Waals surface area (Å²) in [6.45, 7) is 4.36. The first-order chi connectivity index (χ1) is 12.8. The molecule has 2 aromatic rings. The lowest BCUT2D eigenvalue weighted by molar-refractivity contribution is 0.312. The van der Waals surface area contributed by atoms with Crippen molar-refractivity contribution in [3.8, 4) is 11.1 Å². The lowest BCUT2D eigenvalue weighted by Gasteiger charge is -2.28. The van der Waals surface area contributed by atoms with Crippen molar-refractivity contribution in [2.45, 2.75) is 71.1 Å². The molecule has 2 aromatic carbocycles. The topological polar surface area (TPSA) is 0 Å². The molecular formula is C26H34. The van der Waals surface area contributed by atoms with Crippen molar-refractivity contribution in [2.75, 3.05) is 0 Å². The van der Waals surface area contributed by atoms with E-state index in [1.54, 1.807) is 5.56 Å². The molecule has 3 rings (SSSR count). The Morgan fingerprint density at radius 3 is 2.04 bits per heavy atom. The summed E-state index contributed by atoms with van der Waals surface area (Å²) in [6, 6.07) is 18.5. The van der Waals surface area contributed by atoms with Gasteiger partial charge in [0.1, 0.15) is 0 Å². The summed E-state index contributed by atoms with van der Waals surface area (Å²) in [5.41, 5.74) is 5.67. The summed E-state index contributed by atoms with van der Waals surface area (Å²) in [5, 5.41) is 0. The predicted octanol–water partition coefficient (Wildman–Crippen LogP) is 7.94. The van der Waals surface area contributed by atoms with Gasteiger partial charge in [-0.2, -0.15) is 0 Å². The maximum Gasteiger partial charge on any atom is -0.0162 e. The predicted molar refractivity (Wildman–Crippen MR) is 115 cm³/mol. The van der Waals surface area contributed by atoms with Crippen LogP contribution in [0.3, 0.4) is 0 Å². The van der Waals surface area contributed by atoms with Gasteiger partial charge in [0, 0.05) is 0 Å². The van der Waals surface area contributed by atoms with Gasteiger partial charge < -0.3 is 0 Å². The van der Waals surface area contributed by atoms with Gasteiger partial charge in [-0.3, -0.25) is 0 Å². The molecule has 138 valence electrons. The Kier molecular flexibility index (Phi) is 7.12. The molecule has 0 spiro atoms. The molecule has 1 saturated carbocycles. The molecule has 0 radical (unpaired) electrons. The van der Waals surface area contributed by atoms with Gasteiger partial charge >= 0.3 is 0 Å². The van der Waals surface area contributed by atoms with E-state index in [-0.39, 0.29) is 0 Å². The third-order valence-electron chi connectivity index (χ3n) is 6.03. The third-order valence-corrected chi connectivity index (χ3v) is 6.03. The fourth-order valence-corrected chi connectivity index (χ4v) is 4.38. The Balaban J connectivity index is 1.56. The van der Waals surface area contributed by atoms with Crippen LogP contribution in [0.5, 0.6) is 0 Å². The molecule has 0 aromatic heterocycles. The van der Waals surface area contributed by atoms with Gasteiger partial charge in [0.25, 0.3) is 0 Å². The highest BCUT2D eigenvalue weighted by Gasteiger charge is 2.21. The van der Waals surface area contributed by atoms with Gasteiger partial charge in [0.2, 0.25) is 0 Å². The van der Waals surface area contributed by atoms with Crippen LogP contribution in [0, 0.1) is 5.92 Å². The normalized spacial score (nSPS) is 20.5. The molecule has 1 aliphatic carbocycles. The van der Waals surface area contributed by atoms with Crippen molar-refractivity contribution in [1.29, 1.82) is 0 Å². The molecule has 0 bridgehead atoms. The summed E-state index contributed by atoms with van der Waals surface area (Å²) < 4.78 is 0. The average Bonchev–Trinajstić information content (AvgIpc) is 2.70. The van der Waals surface area contributed by atoms with E-state index in [4.69, 9.17) is 0 Å². The van der Waals surface area contributed by atoms with Gasteiger partial charge in [0.15, 0.2) is 0 Å². The van der Waals surface area contributed by atoms with Gasteiger partial charge in [0.05, 0.1) is 0 Å². The van der Waals surface area contributed by atoms with E-state index in [0.29, 0.717) is 0 Å². The molecule has 1 aliphatic rings. The Morgan fingerprint density at radius 2 is 1.46 bits per heavy atom. The van der Waals surface area contributed by atoms with Gasteiger partial charge in [-0.05, 0) is 86.0 Å². The summed E-state index contributed by atoms with van der Waals surface area (Å²) in [6.07, 6.45) is 15.1. The Labute approximate surface area is 160 Å². The number of aryl methyl sites for hydroxylation is 1. The average molecular weight is 347 g/mol. The summed E-state index contributed by atoms with van der Waals surface area (Å²) >= 11 is 0. The second-order valence-corrected chi connectivity index (χ2v) is 7.93. The van der Waals surface area contributed by atoms with Crippen LogP contribution in [-0.4, -0.2) is 0 Å². The zero-order chi connectivity index (χ0) is 18.2. The lowest BCUT2D eigenvalue weighted by Crippen LogP contribution is -2.13. The summed E-state index contributed by atoms with van der Waals surface area (Å²) in [4.78, 5) is 0. The molecule has 0 nitrogen and oxygen atoms in total.